The van der Waals surface area contributed by atoms with Crippen LogP contribution in [0.1, 0.15) is 86.5 Å². The summed E-state index contributed by atoms with van der Waals surface area (Å²) in [7, 11) is 0. The normalized spacial score (nSPS) is 40.9. The molecule has 0 amide bonds. The van der Waals surface area contributed by atoms with Crippen LogP contribution in [-0.4, -0.2) is 17.0 Å². The second-order valence-electron chi connectivity index (χ2n) is 11.7. The molecule has 0 aromatic rings. The Bertz CT molecular complexity index is 799. The molecule has 0 heterocycles. The van der Waals surface area contributed by atoms with E-state index in [4.69, 9.17) is 0 Å². The number of carbonyl (C=O) groups excluding carboxylic acids is 1. The van der Waals surface area contributed by atoms with Crippen LogP contribution in [0.25, 0.3) is 0 Å². The fourth-order valence-electron chi connectivity index (χ4n) is 7.29. The van der Waals surface area contributed by atoms with Gasteiger partial charge in [-0.25, -0.2) is 0 Å². The highest BCUT2D eigenvalue weighted by molar-refractivity contribution is 6.07. The number of aliphatic hydroxyl groups excluding tert-OH is 1. The number of carbonyl (C=O) groups is 1. The Balaban J connectivity index is 1.66. The molecule has 0 bridgehead atoms. The topological polar surface area (TPSA) is 37.3 Å². The van der Waals surface area contributed by atoms with Crippen molar-refractivity contribution in [3.63, 3.8) is 0 Å². The summed E-state index contributed by atoms with van der Waals surface area (Å²) in [6, 6.07) is 0. The van der Waals surface area contributed by atoms with Crippen molar-refractivity contribution in [3.8, 4) is 0 Å². The van der Waals surface area contributed by atoms with Crippen LogP contribution in [0.2, 0.25) is 0 Å². The van der Waals surface area contributed by atoms with Crippen molar-refractivity contribution in [1.29, 1.82) is 0 Å². The number of rotatable bonds is 4. The van der Waals surface area contributed by atoms with Crippen molar-refractivity contribution in [2.45, 2.75) is 92.6 Å². The van der Waals surface area contributed by atoms with Gasteiger partial charge in [-0.05, 0) is 91.4 Å². The minimum absolute atomic E-state index is 0.0765. The Morgan fingerprint density at radius 1 is 1.03 bits per heavy atom. The van der Waals surface area contributed by atoms with Crippen molar-refractivity contribution >= 4 is 5.78 Å². The average molecular weight is 411 g/mol. The van der Waals surface area contributed by atoms with E-state index in [9.17, 15) is 9.90 Å². The number of aliphatic hydroxyl groups is 1. The van der Waals surface area contributed by atoms with Crippen molar-refractivity contribution in [2.75, 3.05) is 0 Å². The maximum atomic E-state index is 13.4. The van der Waals surface area contributed by atoms with E-state index >= 15 is 0 Å². The van der Waals surface area contributed by atoms with E-state index in [1.165, 1.54) is 29.6 Å². The summed E-state index contributed by atoms with van der Waals surface area (Å²) < 4.78 is 0. The summed E-state index contributed by atoms with van der Waals surface area (Å²) in [4.78, 5) is 13.4. The van der Waals surface area contributed by atoms with Crippen LogP contribution < -0.4 is 0 Å². The molecule has 2 saturated carbocycles. The van der Waals surface area contributed by atoms with E-state index < -0.39 is 0 Å². The quantitative estimate of drug-likeness (QED) is 0.527. The first-order valence-electron chi connectivity index (χ1n) is 12.4. The van der Waals surface area contributed by atoms with Gasteiger partial charge < -0.3 is 5.11 Å². The molecular formula is C28H42O2. The number of allylic oxidation sites excluding steroid dienone is 5. The molecule has 4 rings (SSSR count). The van der Waals surface area contributed by atoms with Crippen molar-refractivity contribution < 1.29 is 9.90 Å². The molecule has 30 heavy (non-hydrogen) atoms. The van der Waals surface area contributed by atoms with E-state index in [1.807, 2.05) is 6.08 Å². The Labute approximate surface area is 183 Å². The summed E-state index contributed by atoms with van der Waals surface area (Å²) in [5.74, 6) is 3.11. The van der Waals surface area contributed by atoms with Crippen LogP contribution in [0.3, 0.4) is 0 Å². The molecule has 0 aliphatic heterocycles. The predicted molar refractivity (Wildman–Crippen MR) is 124 cm³/mol. The molecule has 1 N–H and O–H groups in total. The van der Waals surface area contributed by atoms with Crippen molar-refractivity contribution in [3.05, 3.63) is 34.9 Å². The molecular weight excluding hydrogens is 368 g/mol. The predicted octanol–water partition coefficient (Wildman–Crippen LogP) is 6.65. The Morgan fingerprint density at radius 3 is 2.43 bits per heavy atom. The lowest BCUT2D eigenvalue weighted by Gasteiger charge is -2.52. The lowest BCUT2D eigenvalue weighted by atomic mass is 9.51. The summed E-state index contributed by atoms with van der Waals surface area (Å²) in [6.07, 6.45) is 13.8. The SMILES string of the molecule is CC(/C=C/[C@H](C)C(C)C)C1CCC2=C3C(=O)C=C4C[C@@H](O)CC[C@]4(C)C3CC[C@@]21C. The van der Waals surface area contributed by atoms with E-state index in [0.717, 1.165) is 25.7 Å². The first kappa shape index (κ1) is 22.1. The lowest BCUT2D eigenvalue weighted by molar-refractivity contribution is -0.113. The van der Waals surface area contributed by atoms with Crippen LogP contribution in [0, 0.1) is 40.4 Å². The molecule has 3 unspecified atom stereocenters. The maximum Gasteiger partial charge on any atom is 0.182 e. The molecule has 0 saturated heterocycles. The first-order valence-corrected chi connectivity index (χ1v) is 12.4. The lowest BCUT2D eigenvalue weighted by Crippen LogP contribution is -2.45. The minimum Gasteiger partial charge on any atom is -0.393 e. The summed E-state index contributed by atoms with van der Waals surface area (Å²) in [6.45, 7) is 14.1. The number of fused-ring (bicyclic) bond motifs is 4. The van der Waals surface area contributed by atoms with Gasteiger partial charge >= 0.3 is 0 Å². The molecule has 0 radical (unpaired) electrons. The van der Waals surface area contributed by atoms with Gasteiger partial charge in [0.15, 0.2) is 5.78 Å². The molecule has 0 aromatic heterocycles. The third-order valence-corrected chi connectivity index (χ3v) is 9.77. The molecule has 0 aromatic carbocycles. The number of hydrogen-bond acceptors (Lipinski definition) is 2. The van der Waals surface area contributed by atoms with Gasteiger partial charge in [-0.2, -0.15) is 0 Å². The molecule has 7 atom stereocenters. The van der Waals surface area contributed by atoms with Gasteiger partial charge in [-0.15, -0.1) is 0 Å². The van der Waals surface area contributed by atoms with Gasteiger partial charge in [0.2, 0.25) is 0 Å². The fraction of sp³-hybridized carbons (Fsp3) is 0.750. The van der Waals surface area contributed by atoms with Gasteiger partial charge in [-0.3, -0.25) is 4.79 Å². The van der Waals surface area contributed by atoms with E-state index in [1.54, 1.807) is 0 Å². The molecule has 0 spiro atoms. The van der Waals surface area contributed by atoms with Crippen LogP contribution in [0.5, 0.6) is 0 Å². The maximum absolute atomic E-state index is 13.4. The van der Waals surface area contributed by atoms with Gasteiger partial charge in [0.1, 0.15) is 0 Å². The van der Waals surface area contributed by atoms with Crippen LogP contribution in [0.15, 0.2) is 34.9 Å². The van der Waals surface area contributed by atoms with Crippen LogP contribution >= 0.6 is 0 Å². The van der Waals surface area contributed by atoms with Gasteiger partial charge in [-0.1, -0.05) is 64.8 Å². The number of hydrogen-bond donors (Lipinski definition) is 1. The zero-order chi connectivity index (χ0) is 21.8. The first-order chi connectivity index (χ1) is 14.1. The second kappa shape index (κ2) is 7.76. The van der Waals surface area contributed by atoms with Crippen LogP contribution in [-0.2, 0) is 4.79 Å². The van der Waals surface area contributed by atoms with Crippen LogP contribution in [0.4, 0.5) is 0 Å². The minimum atomic E-state index is -0.267. The third-order valence-electron chi connectivity index (χ3n) is 9.77. The zero-order valence-corrected chi connectivity index (χ0v) is 20.0. The molecule has 2 fully saturated rings. The standard InChI is InChI=1S/C28H42O2/c1-17(2)18(3)7-8-19(4)22-9-10-23-26-24(12-14-28(22,23)6)27(5)13-11-21(29)15-20(27)16-25(26)30/h7-8,16-19,21-22,24,29H,9-15H2,1-6H3/b8-7+/t18-,19?,21-,22?,24?,27-,28+/m0/s1. The van der Waals surface area contributed by atoms with Gasteiger partial charge in [0.05, 0.1) is 6.10 Å². The van der Waals surface area contributed by atoms with Crippen molar-refractivity contribution in [2.24, 2.45) is 40.4 Å². The monoisotopic (exact) mass is 410 g/mol. The zero-order valence-electron chi connectivity index (χ0n) is 20.0. The highest BCUT2D eigenvalue weighted by Crippen LogP contribution is 2.64. The fourth-order valence-corrected chi connectivity index (χ4v) is 7.29. The summed E-state index contributed by atoms with van der Waals surface area (Å²) >= 11 is 0. The Kier molecular flexibility index (Phi) is 5.71. The number of ketones is 1. The van der Waals surface area contributed by atoms with Gasteiger partial charge in [0.25, 0.3) is 0 Å². The largest absolute Gasteiger partial charge is 0.393 e. The van der Waals surface area contributed by atoms with E-state index in [-0.39, 0.29) is 22.7 Å². The highest BCUT2D eigenvalue weighted by Gasteiger charge is 2.55. The van der Waals surface area contributed by atoms with E-state index in [0.29, 0.717) is 36.0 Å². The van der Waals surface area contributed by atoms with E-state index in [2.05, 4.69) is 53.7 Å². The smallest absolute Gasteiger partial charge is 0.182 e. The highest BCUT2D eigenvalue weighted by atomic mass is 16.3. The van der Waals surface area contributed by atoms with Gasteiger partial charge in [0, 0.05) is 5.57 Å². The summed E-state index contributed by atoms with van der Waals surface area (Å²) in [5, 5.41) is 10.2. The molecule has 2 heteroatoms. The molecule has 4 aliphatic rings. The third kappa shape index (κ3) is 3.38. The summed E-state index contributed by atoms with van der Waals surface area (Å²) in [5.41, 5.74) is 4.14. The Morgan fingerprint density at radius 2 is 1.73 bits per heavy atom. The molecule has 4 aliphatic carbocycles. The van der Waals surface area contributed by atoms with Crippen molar-refractivity contribution in [1.82, 2.24) is 0 Å². The molecule has 166 valence electrons. The second-order valence-corrected chi connectivity index (χ2v) is 11.7. The Hall–Kier alpha value is -1.15. The molecule has 2 nitrogen and oxygen atoms in total. The average Bonchev–Trinajstić information content (AvgIpc) is 3.04.